The molecule has 0 bridgehead atoms. The van der Waals surface area contributed by atoms with E-state index in [9.17, 15) is 0 Å². The zero-order valence-corrected chi connectivity index (χ0v) is 9.32. The number of rotatable bonds is 2. The number of nitrogens with two attached hydrogens (primary N) is 1. The molecule has 1 aromatic rings. The second-order valence-corrected chi connectivity index (χ2v) is 4.35. The number of piperidine rings is 1. The molecule has 1 saturated heterocycles. The highest BCUT2D eigenvalue weighted by Gasteiger charge is 2.19. The van der Waals surface area contributed by atoms with Crippen LogP contribution in [0.2, 0.25) is 0 Å². The fraction of sp³-hybridized carbons (Fsp3) is 0.583. The largest absolute Gasteiger partial charge is 0.371 e. The van der Waals surface area contributed by atoms with Crippen molar-refractivity contribution in [2.45, 2.75) is 19.8 Å². The average molecular weight is 205 g/mol. The highest BCUT2D eigenvalue weighted by atomic mass is 15.1. The molecule has 0 spiro atoms. The predicted molar refractivity (Wildman–Crippen MR) is 63.0 cm³/mol. The quantitative estimate of drug-likeness (QED) is 0.796. The summed E-state index contributed by atoms with van der Waals surface area (Å²) in [6, 6.07) is 2.11. The number of nitrogens with zero attached hydrogens (tertiary/aromatic N) is 2. The molecule has 0 aromatic carbocycles. The summed E-state index contributed by atoms with van der Waals surface area (Å²) in [6.45, 7) is 5.18. The second-order valence-electron chi connectivity index (χ2n) is 4.35. The Balaban J connectivity index is 2.13. The van der Waals surface area contributed by atoms with Crippen LogP contribution < -0.4 is 10.6 Å². The molecule has 3 heteroatoms. The van der Waals surface area contributed by atoms with Gasteiger partial charge in [0.25, 0.3) is 0 Å². The van der Waals surface area contributed by atoms with Gasteiger partial charge >= 0.3 is 0 Å². The maximum atomic E-state index is 5.74. The highest BCUT2D eigenvalue weighted by Crippen LogP contribution is 2.24. The number of aryl methyl sites for hydroxylation is 1. The van der Waals surface area contributed by atoms with Crippen LogP contribution in [-0.2, 0) is 0 Å². The SMILES string of the molecule is Cc1cnccc1N1CCCC(CN)C1. The van der Waals surface area contributed by atoms with Crippen LogP contribution in [0.4, 0.5) is 5.69 Å². The Morgan fingerprint density at radius 1 is 1.60 bits per heavy atom. The smallest absolute Gasteiger partial charge is 0.0426 e. The maximum absolute atomic E-state index is 5.74. The van der Waals surface area contributed by atoms with Gasteiger partial charge in [-0.1, -0.05) is 0 Å². The van der Waals surface area contributed by atoms with Crippen LogP contribution in [0.1, 0.15) is 18.4 Å². The van der Waals surface area contributed by atoms with Gasteiger partial charge in [-0.05, 0) is 43.9 Å². The molecule has 82 valence electrons. The number of anilines is 1. The summed E-state index contributed by atoms with van der Waals surface area (Å²) in [4.78, 5) is 6.57. The van der Waals surface area contributed by atoms with Crippen LogP contribution in [-0.4, -0.2) is 24.6 Å². The summed E-state index contributed by atoms with van der Waals surface area (Å²) < 4.78 is 0. The summed E-state index contributed by atoms with van der Waals surface area (Å²) in [6.07, 6.45) is 6.33. The third-order valence-electron chi connectivity index (χ3n) is 3.18. The van der Waals surface area contributed by atoms with E-state index in [2.05, 4.69) is 22.9 Å². The van der Waals surface area contributed by atoms with Gasteiger partial charge in [0.05, 0.1) is 0 Å². The molecule has 1 aliphatic heterocycles. The van der Waals surface area contributed by atoms with E-state index in [1.54, 1.807) is 0 Å². The van der Waals surface area contributed by atoms with Crippen LogP contribution in [0.5, 0.6) is 0 Å². The van der Waals surface area contributed by atoms with Crippen molar-refractivity contribution < 1.29 is 0 Å². The van der Waals surface area contributed by atoms with Gasteiger partial charge < -0.3 is 10.6 Å². The van der Waals surface area contributed by atoms with Crippen molar-refractivity contribution in [2.24, 2.45) is 11.7 Å². The van der Waals surface area contributed by atoms with Crippen LogP contribution in [0.25, 0.3) is 0 Å². The fourth-order valence-corrected chi connectivity index (χ4v) is 2.30. The molecule has 1 atom stereocenters. The minimum atomic E-state index is 0.659. The summed E-state index contributed by atoms with van der Waals surface area (Å²) >= 11 is 0. The molecule has 0 aliphatic carbocycles. The van der Waals surface area contributed by atoms with Crippen LogP contribution in [0.15, 0.2) is 18.5 Å². The Morgan fingerprint density at radius 2 is 2.47 bits per heavy atom. The molecule has 1 aromatic heterocycles. The highest BCUT2D eigenvalue weighted by molar-refractivity contribution is 5.51. The molecule has 1 fully saturated rings. The van der Waals surface area contributed by atoms with E-state index >= 15 is 0 Å². The first-order chi connectivity index (χ1) is 7.31. The normalized spacial score (nSPS) is 21.7. The number of hydrogen-bond donors (Lipinski definition) is 1. The van der Waals surface area contributed by atoms with E-state index < -0.39 is 0 Å². The molecule has 0 saturated carbocycles. The van der Waals surface area contributed by atoms with Crippen LogP contribution in [0.3, 0.4) is 0 Å². The van der Waals surface area contributed by atoms with Gasteiger partial charge in [-0.25, -0.2) is 0 Å². The van der Waals surface area contributed by atoms with E-state index in [0.29, 0.717) is 5.92 Å². The molecule has 2 rings (SSSR count). The van der Waals surface area contributed by atoms with E-state index in [4.69, 9.17) is 5.73 Å². The molecular weight excluding hydrogens is 186 g/mol. The first-order valence-corrected chi connectivity index (χ1v) is 5.67. The molecule has 1 aliphatic rings. The Morgan fingerprint density at radius 3 is 3.20 bits per heavy atom. The molecule has 2 N–H and O–H groups in total. The maximum Gasteiger partial charge on any atom is 0.0426 e. The van der Waals surface area contributed by atoms with Gasteiger partial charge in [0.2, 0.25) is 0 Å². The summed E-state index contributed by atoms with van der Waals surface area (Å²) in [5.41, 5.74) is 8.32. The molecule has 15 heavy (non-hydrogen) atoms. The zero-order chi connectivity index (χ0) is 10.7. The van der Waals surface area contributed by atoms with Gasteiger partial charge in [0.15, 0.2) is 0 Å². The molecule has 2 heterocycles. The van der Waals surface area contributed by atoms with E-state index in [1.807, 2.05) is 12.4 Å². The fourth-order valence-electron chi connectivity index (χ4n) is 2.30. The Hall–Kier alpha value is -1.09. The van der Waals surface area contributed by atoms with Crippen molar-refractivity contribution >= 4 is 5.69 Å². The minimum Gasteiger partial charge on any atom is -0.371 e. The number of hydrogen-bond acceptors (Lipinski definition) is 3. The lowest BCUT2D eigenvalue weighted by molar-refractivity contribution is 0.423. The van der Waals surface area contributed by atoms with Crippen molar-refractivity contribution in [1.29, 1.82) is 0 Å². The van der Waals surface area contributed by atoms with Crippen LogP contribution in [0, 0.1) is 12.8 Å². The lowest BCUT2D eigenvalue weighted by Crippen LogP contribution is -2.38. The van der Waals surface area contributed by atoms with Crippen molar-refractivity contribution in [3.8, 4) is 0 Å². The van der Waals surface area contributed by atoms with Gasteiger partial charge in [0, 0.05) is 31.2 Å². The van der Waals surface area contributed by atoms with E-state index in [-0.39, 0.29) is 0 Å². The topological polar surface area (TPSA) is 42.2 Å². The predicted octanol–water partition coefficient (Wildman–Crippen LogP) is 1.57. The summed E-state index contributed by atoms with van der Waals surface area (Å²) in [7, 11) is 0. The Kier molecular flexibility index (Phi) is 3.21. The van der Waals surface area contributed by atoms with E-state index in [0.717, 1.165) is 19.6 Å². The lowest BCUT2D eigenvalue weighted by Gasteiger charge is -2.34. The minimum absolute atomic E-state index is 0.659. The molecule has 0 amide bonds. The van der Waals surface area contributed by atoms with Gasteiger partial charge in [-0.2, -0.15) is 0 Å². The second kappa shape index (κ2) is 4.62. The van der Waals surface area contributed by atoms with Gasteiger partial charge in [0.1, 0.15) is 0 Å². The van der Waals surface area contributed by atoms with Crippen molar-refractivity contribution in [2.75, 3.05) is 24.5 Å². The van der Waals surface area contributed by atoms with Gasteiger partial charge in [-0.15, -0.1) is 0 Å². The number of pyridine rings is 1. The standard InChI is InChI=1S/C12H19N3/c1-10-8-14-5-4-12(10)15-6-2-3-11(7-13)9-15/h4-5,8,11H,2-3,6-7,9,13H2,1H3. The molecule has 1 unspecified atom stereocenters. The first-order valence-electron chi connectivity index (χ1n) is 5.67. The molecular formula is C12H19N3. The average Bonchev–Trinajstić information content (AvgIpc) is 2.30. The number of aromatic nitrogens is 1. The van der Waals surface area contributed by atoms with E-state index in [1.165, 1.54) is 24.1 Å². The molecule has 0 radical (unpaired) electrons. The van der Waals surface area contributed by atoms with Gasteiger partial charge in [-0.3, -0.25) is 4.98 Å². The molecule has 3 nitrogen and oxygen atoms in total. The van der Waals surface area contributed by atoms with Crippen LogP contribution >= 0.6 is 0 Å². The third-order valence-corrected chi connectivity index (χ3v) is 3.18. The summed E-state index contributed by atoms with van der Waals surface area (Å²) in [5.74, 6) is 0.659. The monoisotopic (exact) mass is 205 g/mol. The Bertz CT molecular complexity index is 324. The van der Waals surface area contributed by atoms with Crippen molar-refractivity contribution in [1.82, 2.24) is 4.98 Å². The third kappa shape index (κ3) is 2.29. The summed E-state index contributed by atoms with van der Waals surface area (Å²) in [5, 5.41) is 0. The van der Waals surface area contributed by atoms with Crippen molar-refractivity contribution in [3.05, 3.63) is 24.0 Å². The zero-order valence-electron chi connectivity index (χ0n) is 9.32. The first kappa shape index (κ1) is 10.4. The lowest BCUT2D eigenvalue weighted by atomic mass is 9.97. The van der Waals surface area contributed by atoms with Crippen molar-refractivity contribution in [3.63, 3.8) is 0 Å². The Labute approximate surface area is 91.3 Å².